The Labute approximate surface area is 108 Å². The van der Waals surface area contributed by atoms with Gasteiger partial charge in [0.2, 0.25) is 0 Å². The number of hydrogen-bond donors (Lipinski definition) is 1. The van der Waals surface area contributed by atoms with E-state index in [1.807, 2.05) is 22.6 Å². The monoisotopic (exact) mass is 253 g/mol. The second-order valence-corrected chi connectivity index (χ2v) is 5.99. The predicted octanol–water partition coefficient (Wildman–Crippen LogP) is 2.39. The third-order valence-corrected chi connectivity index (χ3v) is 4.44. The molecule has 96 valence electrons. The summed E-state index contributed by atoms with van der Waals surface area (Å²) in [7, 11) is 2.05. The fraction of sp³-hybridized carbons (Fsp3) is 0.769. The van der Waals surface area contributed by atoms with Crippen molar-refractivity contribution in [3.63, 3.8) is 0 Å². The molecule has 0 saturated heterocycles. The minimum Gasteiger partial charge on any atom is -0.310 e. The van der Waals surface area contributed by atoms with Crippen molar-refractivity contribution in [3.05, 3.63) is 17.5 Å². The van der Waals surface area contributed by atoms with E-state index in [9.17, 15) is 0 Å². The van der Waals surface area contributed by atoms with Crippen molar-refractivity contribution < 1.29 is 0 Å². The molecule has 0 aliphatic heterocycles. The van der Waals surface area contributed by atoms with Crippen LogP contribution in [-0.4, -0.2) is 28.3 Å². The van der Waals surface area contributed by atoms with E-state index in [1.54, 1.807) is 0 Å². The van der Waals surface area contributed by atoms with Crippen LogP contribution in [0.25, 0.3) is 0 Å². The largest absolute Gasteiger partial charge is 0.310 e. The van der Waals surface area contributed by atoms with Gasteiger partial charge in [0.25, 0.3) is 0 Å². The average Bonchev–Trinajstić information content (AvgIpc) is 2.70. The summed E-state index contributed by atoms with van der Waals surface area (Å²) in [5.41, 5.74) is 2.85. The Bertz CT molecular complexity index is 362. The molecule has 2 rings (SSSR count). The number of rotatable bonds is 5. The van der Waals surface area contributed by atoms with Crippen LogP contribution in [-0.2, 0) is 13.5 Å². The molecule has 3 nitrogen and oxygen atoms in total. The van der Waals surface area contributed by atoms with Crippen LogP contribution in [0.4, 0.5) is 0 Å². The van der Waals surface area contributed by atoms with Crippen molar-refractivity contribution >= 4 is 11.8 Å². The van der Waals surface area contributed by atoms with E-state index in [0.717, 1.165) is 12.5 Å². The van der Waals surface area contributed by atoms with Crippen molar-refractivity contribution in [2.75, 3.05) is 18.6 Å². The second-order valence-electron chi connectivity index (χ2n) is 5.08. The first-order chi connectivity index (χ1) is 8.22. The summed E-state index contributed by atoms with van der Waals surface area (Å²) in [6.45, 7) is 3.43. The van der Waals surface area contributed by atoms with Crippen LogP contribution in [0.15, 0.2) is 6.20 Å². The van der Waals surface area contributed by atoms with Gasteiger partial charge in [-0.05, 0) is 43.7 Å². The summed E-state index contributed by atoms with van der Waals surface area (Å²) in [5.74, 6) is 1.98. The van der Waals surface area contributed by atoms with E-state index in [4.69, 9.17) is 0 Å². The molecule has 1 N–H and O–H groups in total. The first-order valence-corrected chi connectivity index (χ1v) is 7.85. The van der Waals surface area contributed by atoms with Crippen LogP contribution in [0.5, 0.6) is 0 Å². The Morgan fingerprint density at radius 1 is 1.65 bits per heavy atom. The van der Waals surface area contributed by atoms with Crippen molar-refractivity contribution in [3.8, 4) is 0 Å². The first-order valence-electron chi connectivity index (χ1n) is 6.45. The zero-order valence-electron chi connectivity index (χ0n) is 11.1. The second kappa shape index (κ2) is 5.91. The molecule has 0 amide bonds. The Morgan fingerprint density at radius 3 is 3.24 bits per heavy atom. The summed E-state index contributed by atoms with van der Waals surface area (Å²) in [4.78, 5) is 0. The molecule has 0 saturated carbocycles. The Morgan fingerprint density at radius 2 is 2.47 bits per heavy atom. The van der Waals surface area contributed by atoms with Crippen LogP contribution in [0.2, 0.25) is 0 Å². The topological polar surface area (TPSA) is 29.9 Å². The molecule has 0 bridgehead atoms. The quantitative estimate of drug-likeness (QED) is 0.874. The summed E-state index contributed by atoms with van der Waals surface area (Å²) in [5, 5.41) is 8.09. The number of aryl methyl sites for hydroxylation is 1. The van der Waals surface area contributed by atoms with Gasteiger partial charge in [0.1, 0.15) is 0 Å². The Hall–Kier alpha value is -0.480. The molecule has 17 heavy (non-hydrogen) atoms. The van der Waals surface area contributed by atoms with E-state index in [-0.39, 0.29) is 0 Å². The molecular weight excluding hydrogens is 230 g/mol. The van der Waals surface area contributed by atoms with Crippen LogP contribution >= 0.6 is 11.8 Å². The number of nitrogens with one attached hydrogen (secondary N) is 1. The summed E-state index contributed by atoms with van der Waals surface area (Å²) in [6.07, 6.45) is 7.94. The van der Waals surface area contributed by atoms with E-state index in [1.165, 1.54) is 36.3 Å². The summed E-state index contributed by atoms with van der Waals surface area (Å²) < 4.78 is 2.04. The number of thioether (sulfide) groups is 1. The lowest BCUT2D eigenvalue weighted by Crippen LogP contribution is -2.29. The molecule has 2 unspecified atom stereocenters. The highest BCUT2D eigenvalue weighted by atomic mass is 32.2. The zero-order chi connectivity index (χ0) is 12.3. The molecule has 1 aliphatic rings. The first kappa shape index (κ1) is 13.0. The van der Waals surface area contributed by atoms with Gasteiger partial charge in [-0.3, -0.25) is 4.68 Å². The highest BCUT2D eigenvalue weighted by molar-refractivity contribution is 7.98. The smallest absolute Gasteiger partial charge is 0.0540 e. The van der Waals surface area contributed by atoms with Gasteiger partial charge >= 0.3 is 0 Å². The highest BCUT2D eigenvalue weighted by Crippen LogP contribution is 2.29. The van der Waals surface area contributed by atoms with Crippen LogP contribution < -0.4 is 5.32 Å². The number of fused-ring (bicyclic) bond motifs is 1. The number of hydrogen-bond acceptors (Lipinski definition) is 3. The summed E-state index contributed by atoms with van der Waals surface area (Å²) >= 11 is 1.93. The van der Waals surface area contributed by atoms with E-state index in [0.29, 0.717) is 6.04 Å². The summed E-state index contributed by atoms with van der Waals surface area (Å²) in [6, 6.07) is 0.525. The fourth-order valence-corrected chi connectivity index (χ4v) is 3.29. The van der Waals surface area contributed by atoms with Crippen molar-refractivity contribution in [2.45, 2.75) is 32.2 Å². The SMILES string of the molecule is CSCC(C)CNC1CCCc2c1cnn2C. The predicted molar refractivity (Wildman–Crippen MR) is 74.4 cm³/mol. The normalized spacial score (nSPS) is 21.2. The van der Waals surface area contributed by atoms with Crippen LogP contribution in [0, 0.1) is 5.92 Å². The van der Waals surface area contributed by atoms with Gasteiger partial charge in [-0.1, -0.05) is 6.92 Å². The molecule has 0 spiro atoms. The lowest BCUT2D eigenvalue weighted by Gasteiger charge is -2.25. The minimum absolute atomic E-state index is 0.525. The number of aromatic nitrogens is 2. The maximum Gasteiger partial charge on any atom is 0.0540 e. The van der Waals surface area contributed by atoms with E-state index in [2.05, 4.69) is 30.6 Å². The third kappa shape index (κ3) is 3.05. The molecule has 0 radical (unpaired) electrons. The van der Waals surface area contributed by atoms with Gasteiger partial charge < -0.3 is 5.32 Å². The highest BCUT2D eigenvalue weighted by Gasteiger charge is 2.23. The van der Waals surface area contributed by atoms with E-state index < -0.39 is 0 Å². The molecule has 0 aromatic carbocycles. The van der Waals surface area contributed by atoms with Crippen LogP contribution in [0.3, 0.4) is 0 Å². The minimum atomic E-state index is 0.525. The van der Waals surface area contributed by atoms with Gasteiger partial charge in [0, 0.05) is 24.3 Å². The van der Waals surface area contributed by atoms with Gasteiger partial charge in [-0.2, -0.15) is 16.9 Å². The fourth-order valence-electron chi connectivity index (χ4n) is 2.61. The Kier molecular flexibility index (Phi) is 4.51. The number of nitrogens with zero attached hydrogens (tertiary/aromatic N) is 2. The van der Waals surface area contributed by atoms with Gasteiger partial charge in [0.05, 0.1) is 6.20 Å². The van der Waals surface area contributed by atoms with Gasteiger partial charge in [-0.15, -0.1) is 0 Å². The standard InChI is InChI=1S/C13H23N3S/c1-10(9-17-3)7-14-12-5-4-6-13-11(12)8-15-16(13)2/h8,10,12,14H,4-7,9H2,1-3H3. The lowest BCUT2D eigenvalue weighted by molar-refractivity contribution is 0.424. The molecule has 1 aliphatic carbocycles. The maximum atomic E-state index is 4.38. The van der Waals surface area contributed by atoms with Crippen molar-refractivity contribution in [1.82, 2.24) is 15.1 Å². The molecule has 1 aromatic heterocycles. The molecular formula is C13H23N3S. The van der Waals surface area contributed by atoms with Crippen LogP contribution in [0.1, 0.15) is 37.1 Å². The third-order valence-electron chi connectivity index (χ3n) is 3.54. The molecule has 1 heterocycles. The lowest BCUT2D eigenvalue weighted by atomic mass is 9.92. The maximum absolute atomic E-state index is 4.38. The Balaban J connectivity index is 1.94. The average molecular weight is 253 g/mol. The molecule has 1 aromatic rings. The molecule has 4 heteroatoms. The van der Waals surface area contributed by atoms with E-state index >= 15 is 0 Å². The molecule has 0 fully saturated rings. The van der Waals surface area contributed by atoms with Crippen molar-refractivity contribution in [1.29, 1.82) is 0 Å². The van der Waals surface area contributed by atoms with Gasteiger partial charge in [-0.25, -0.2) is 0 Å². The molecule has 2 atom stereocenters. The zero-order valence-corrected chi connectivity index (χ0v) is 11.9. The van der Waals surface area contributed by atoms with Crippen molar-refractivity contribution in [2.24, 2.45) is 13.0 Å². The van der Waals surface area contributed by atoms with Gasteiger partial charge in [0.15, 0.2) is 0 Å².